The Bertz CT molecular complexity index is 289. The Morgan fingerprint density at radius 1 is 1.31 bits per heavy atom. The number of rotatable bonds is 2. The van der Waals surface area contributed by atoms with E-state index in [1.54, 1.807) is 4.90 Å². The summed E-state index contributed by atoms with van der Waals surface area (Å²) in [5.74, 6) is -0.351. The number of esters is 1. The number of amides is 2. The minimum Gasteiger partial charge on any atom is -0.469 e. The van der Waals surface area contributed by atoms with Gasteiger partial charge in [-0.1, -0.05) is 0 Å². The zero-order valence-electron chi connectivity index (χ0n) is 9.57. The van der Waals surface area contributed by atoms with Crippen LogP contribution in [0.2, 0.25) is 0 Å². The maximum atomic E-state index is 11.8. The number of nitrogens with zero attached hydrogens (tertiary/aromatic N) is 1. The lowest BCUT2D eigenvalue weighted by Crippen LogP contribution is -2.46. The normalized spacial score (nSPS) is 25.1. The van der Waals surface area contributed by atoms with E-state index < -0.39 is 0 Å². The molecule has 2 amide bonds. The first-order chi connectivity index (χ1) is 7.70. The monoisotopic (exact) mass is 226 g/mol. The number of likely N-dealkylation sites (tertiary alicyclic amines) is 1. The average molecular weight is 226 g/mol. The molecule has 0 bridgehead atoms. The minimum absolute atomic E-state index is 0.0314. The van der Waals surface area contributed by atoms with Crippen LogP contribution in [0.25, 0.3) is 0 Å². The van der Waals surface area contributed by atoms with Gasteiger partial charge >= 0.3 is 12.0 Å². The maximum Gasteiger partial charge on any atom is 0.317 e. The first kappa shape index (κ1) is 11.2. The van der Waals surface area contributed by atoms with Gasteiger partial charge in [0.05, 0.1) is 13.0 Å². The third-order valence-corrected chi connectivity index (χ3v) is 3.44. The van der Waals surface area contributed by atoms with Gasteiger partial charge in [0.1, 0.15) is 0 Å². The van der Waals surface area contributed by atoms with Crippen LogP contribution in [0.15, 0.2) is 0 Å². The SMILES string of the molecule is COC(=O)C1CCN(C(=O)NC2CCC2)C1. The molecule has 16 heavy (non-hydrogen) atoms. The van der Waals surface area contributed by atoms with Gasteiger partial charge in [-0.15, -0.1) is 0 Å². The summed E-state index contributed by atoms with van der Waals surface area (Å²) in [6.07, 6.45) is 4.08. The Kier molecular flexibility index (Phi) is 3.31. The van der Waals surface area contributed by atoms with Gasteiger partial charge in [-0.2, -0.15) is 0 Å². The summed E-state index contributed by atoms with van der Waals surface area (Å²) < 4.78 is 4.68. The first-order valence-electron chi connectivity index (χ1n) is 5.84. The van der Waals surface area contributed by atoms with E-state index in [0.29, 0.717) is 25.6 Å². The summed E-state index contributed by atoms with van der Waals surface area (Å²) in [6.45, 7) is 1.14. The van der Waals surface area contributed by atoms with Crippen LogP contribution < -0.4 is 5.32 Å². The van der Waals surface area contributed by atoms with Crippen molar-refractivity contribution in [1.82, 2.24) is 10.2 Å². The molecule has 1 unspecified atom stereocenters. The van der Waals surface area contributed by atoms with Crippen LogP contribution in [-0.4, -0.2) is 43.1 Å². The Morgan fingerprint density at radius 3 is 2.62 bits per heavy atom. The van der Waals surface area contributed by atoms with Gasteiger partial charge < -0.3 is 15.0 Å². The number of carbonyl (C=O) groups excluding carboxylic acids is 2. The van der Waals surface area contributed by atoms with E-state index in [1.807, 2.05) is 0 Å². The third kappa shape index (κ3) is 2.28. The van der Waals surface area contributed by atoms with E-state index in [-0.39, 0.29) is 17.9 Å². The zero-order chi connectivity index (χ0) is 11.5. The van der Waals surface area contributed by atoms with Crippen molar-refractivity contribution in [2.24, 2.45) is 5.92 Å². The molecular formula is C11H18N2O3. The van der Waals surface area contributed by atoms with E-state index in [1.165, 1.54) is 13.5 Å². The van der Waals surface area contributed by atoms with Gasteiger partial charge in [0.25, 0.3) is 0 Å². The number of urea groups is 1. The second-order valence-corrected chi connectivity index (χ2v) is 4.53. The minimum atomic E-state index is -0.209. The fraction of sp³-hybridized carbons (Fsp3) is 0.818. The summed E-state index contributed by atoms with van der Waals surface area (Å²) in [6, 6.07) is 0.320. The topological polar surface area (TPSA) is 58.6 Å². The van der Waals surface area contributed by atoms with Crippen LogP contribution in [0.3, 0.4) is 0 Å². The van der Waals surface area contributed by atoms with E-state index in [4.69, 9.17) is 0 Å². The highest BCUT2D eigenvalue weighted by Crippen LogP contribution is 2.21. The Labute approximate surface area is 95.1 Å². The third-order valence-electron chi connectivity index (χ3n) is 3.44. The molecule has 2 rings (SSSR count). The molecule has 5 nitrogen and oxygen atoms in total. The predicted octanol–water partition coefficient (Wildman–Crippen LogP) is 0.743. The second kappa shape index (κ2) is 4.72. The fourth-order valence-corrected chi connectivity index (χ4v) is 2.12. The summed E-state index contributed by atoms with van der Waals surface area (Å²) in [4.78, 5) is 24.8. The second-order valence-electron chi connectivity index (χ2n) is 4.53. The summed E-state index contributed by atoms with van der Waals surface area (Å²) in [7, 11) is 1.39. The lowest BCUT2D eigenvalue weighted by Gasteiger charge is -2.28. The van der Waals surface area contributed by atoms with Crippen LogP contribution in [-0.2, 0) is 9.53 Å². The smallest absolute Gasteiger partial charge is 0.317 e. The Balaban J connectivity index is 1.78. The van der Waals surface area contributed by atoms with E-state index in [2.05, 4.69) is 10.1 Å². The molecule has 1 aliphatic carbocycles. The molecule has 0 radical (unpaired) electrons. The molecule has 1 heterocycles. The fourth-order valence-electron chi connectivity index (χ4n) is 2.12. The van der Waals surface area contributed by atoms with Gasteiger partial charge in [-0.25, -0.2) is 4.79 Å². The molecule has 2 fully saturated rings. The van der Waals surface area contributed by atoms with Crippen molar-refractivity contribution in [3.63, 3.8) is 0 Å². The first-order valence-corrected chi connectivity index (χ1v) is 5.84. The lowest BCUT2D eigenvalue weighted by molar-refractivity contribution is -0.144. The highest BCUT2D eigenvalue weighted by Gasteiger charge is 2.32. The summed E-state index contributed by atoms with van der Waals surface area (Å²) in [5.41, 5.74) is 0. The number of methoxy groups -OCH3 is 1. The van der Waals surface area contributed by atoms with Gasteiger partial charge in [0.15, 0.2) is 0 Å². The van der Waals surface area contributed by atoms with E-state index in [0.717, 1.165) is 12.8 Å². The Hall–Kier alpha value is -1.26. The highest BCUT2D eigenvalue weighted by molar-refractivity contribution is 5.78. The molecule has 0 aromatic rings. The van der Waals surface area contributed by atoms with Crippen molar-refractivity contribution in [3.05, 3.63) is 0 Å². The van der Waals surface area contributed by atoms with Crippen LogP contribution in [0, 0.1) is 5.92 Å². The van der Waals surface area contributed by atoms with E-state index in [9.17, 15) is 9.59 Å². The predicted molar refractivity (Wildman–Crippen MR) is 57.9 cm³/mol. The molecule has 1 N–H and O–H groups in total. The molecule has 90 valence electrons. The van der Waals surface area contributed by atoms with Gasteiger partial charge in [0, 0.05) is 19.1 Å². The molecule has 1 atom stereocenters. The molecule has 2 aliphatic rings. The summed E-state index contributed by atoms with van der Waals surface area (Å²) in [5, 5.41) is 2.97. The highest BCUT2D eigenvalue weighted by atomic mass is 16.5. The largest absolute Gasteiger partial charge is 0.469 e. The number of nitrogens with one attached hydrogen (secondary N) is 1. The van der Waals surface area contributed by atoms with Crippen LogP contribution in [0.4, 0.5) is 4.79 Å². The quantitative estimate of drug-likeness (QED) is 0.707. The van der Waals surface area contributed by atoms with Crippen molar-refractivity contribution >= 4 is 12.0 Å². The molecule has 1 aliphatic heterocycles. The molecule has 1 saturated carbocycles. The standard InChI is InChI=1S/C11H18N2O3/c1-16-10(14)8-5-6-13(7-8)11(15)12-9-3-2-4-9/h8-9H,2-7H2,1H3,(H,12,15). The van der Waals surface area contributed by atoms with E-state index >= 15 is 0 Å². The van der Waals surface area contributed by atoms with Crippen molar-refractivity contribution < 1.29 is 14.3 Å². The average Bonchev–Trinajstić information content (AvgIpc) is 2.71. The molecule has 0 aromatic heterocycles. The van der Waals surface area contributed by atoms with Crippen molar-refractivity contribution in [2.45, 2.75) is 31.7 Å². The molecular weight excluding hydrogens is 208 g/mol. The summed E-state index contributed by atoms with van der Waals surface area (Å²) >= 11 is 0. The number of hydrogen-bond donors (Lipinski definition) is 1. The molecule has 5 heteroatoms. The van der Waals surface area contributed by atoms with Crippen LogP contribution in [0.1, 0.15) is 25.7 Å². The van der Waals surface area contributed by atoms with Gasteiger partial charge in [-0.05, 0) is 25.7 Å². The molecule has 0 spiro atoms. The molecule has 0 aromatic carbocycles. The number of hydrogen-bond acceptors (Lipinski definition) is 3. The Morgan fingerprint density at radius 2 is 2.06 bits per heavy atom. The van der Waals surface area contributed by atoms with Crippen molar-refractivity contribution in [1.29, 1.82) is 0 Å². The maximum absolute atomic E-state index is 11.8. The molecule has 1 saturated heterocycles. The van der Waals surface area contributed by atoms with Gasteiger partial charge in [0.2, 0.25) is 0 Å². The lowest BCUT2D eigenvalue weighted by atomic mass is 9.93. The van der Waals surface area contributed by atoms with Crippen molar-refractivity contribution in [3.8, 4) is 0 Å². The van der Waals surface area contributed by atoms with Gasteiger partial charge in [-0.3, -0.25) is 4.79 Å². The number of ether oxygens (including phenoxy) is 1. The van der Waals surface area contributed by atoms with Crippen LogP contribution >= 0.6 is 0 Å². The van der Waals surface area contributed by atoms with Crippen LogP contribution in [0.5, 0.6) is 0 Å². The zero-order valence-corrected chi connectivity index (χ0v) is 9.57. The number of carbonyl (C=O) groups is 2. The van der Waals surface area contributed by atoms with Crippen molar-refractivity contribution in [2.75, 3.05) is 20.2 Å².